The first-order chi connectivity index (χ1) is 6.89. The average Bonchev–Trinajstić information content (AvgIpc) is 2.72. The lowest BCUT2D eigenvalue weighted by atomic mass is 9.75. The molecule has 2 fully saturated rings. The number of nitrogens with one attached hydrogen (secondary N) is 1. The van der Waals surface area contributed by atoms with Crippen molar-refractivity contribution >= 4 is 0 Å². The molecule has 2 rings (SSSR count). The zero-order valence-electron chi connectivity index (χ0n) is 10.9. The Labute approximate surface area is 95.0 Å². The summed E-state index contributed by atoms with van der Waals surface area (Å²) >= 11 is 0. The molecule has 1 heteroatoms. The standard InChI is InChI=1S/C14H27N/c1-13(2)7-5-12(6-8-13)15-10-11-9-14(11,3)4/h11-12,15H,5-10H2,1-4H3. The van der Waals surface area contributed by atoms with Crippen LogP contribution in [0.3, 0.4) is 0 Å². The SMILES string of the molecule is CC1(C)CCC(NCC2CC2(C)C)CC1. The highest BCUT2D eigenvalue weighted by molar-refractivity contribution is 4.97. The highest BCUT2D eigenvalue weighted by atomic mass is 14.9. The Bertz CT molecular complexity index is 219. The van der Waals surface area contributed by atoms with Crippen LogP contribution in [-0.4, -0.2) is 12.6 Å². The second-order valence-corrected chi connectivity index (χ2v) is 7.24. The molecule has 2 aliphatic carbocycles. The molecule has 0 radical (unpaired) electrons. The Hall–Kier alpha value is -0.0400. The molecule has 15 heavy (non-hydrogen) atoms. The van der Waals surface area contributed by atoms with Crippen LogP contribution in [0.25, 0.3) is 0 Å². The molecule has 0 spiro atoms. The third-order valence-corrected chi connectivity index (χ3v) is 4.71. The van der Waals surface area contributed by atoms with Gasteiger partial charge in [-0.3, -0.25) is 0 Å². The van der Waals surface area contributed by atoms with Gasteiger partial charge >= 0.3 is 0 Å². The molecule has 1 N–H and O–H groups in total. The van der Waals surface area contributed by atoms with Crippen LogP contribution in [-0.2, 0) is 0 Å². The summed E-state index contributed by atoms with van der Waals surface area (Å²) in [5, 5.41) is 3.78. The topological polar surface area (TPSA) is 12.0 Å². The second-order valence-electron chi connectivity index (χ2n) is 7.24. The predicted octanol–water partition coefficient (Wildman–Crippen LogP) is 3.59. The van der Waals surface area contributed by atoms with Crippen molar-refractivity contribution in [2.24, 2.45) is 16.7 Å². The van der Waals surface area contributed by atoms with Gasteiger partial charge in [-0.15, -0.1) is 0 Å². The van der Waals surface area contributed by atoms with Gasteiger partial charge in [-0.1, -0.05) is 27.7 Å². The van der Waals surface area contributed by atoms with Crippen LogP contribution in [0, 0.1) is 16.7 Å². The van der Waals surface area contributed by atoms with Crippen molar-refractivity contribution in [3.63, 3.8) is 0 Å². The van der Waals surface area contributed by atoms with Gasteiger partial charge in [0.25, 0.3) is 0 Å². The van der Waals surface area contributed by atoms with E-state index in [1.54, 1.807) is 0 Å². The van der Waals surface area contributed by atoms with Crippen molar-refractivity contribution in [2.45, 2.75) is 65.8 Å². The summed E-state index contributed by atoms with van der Waals surface area (Å²) < 4.78 is 0. The molecule has 0 amide bonds. The van der Waals surface area contributed by atoms with Crippen molar-refractivity contribution in [2.75, 3.05) is 6.54 Å². The first-order valence-electron chi connectivity index (χ1n) is 6.62. The largest absolute Gasteiger partial charge is 0.314 e. The minimum absolute atomic E-state index is 0.608. The average molecular weight is 209 g/mol. The number of hydrogen-bond donors (Lipinski definition) is 1. The van der Waals surface area contributed by atoms with Crippen molar-refractivity contribution in [3.05, 3.63) is 0 Å². The maximum atomic E-state index is 3.78. The maximum Gasteiger partial charge on any atom is 0.00675 e. The van der Waals surface area contributed by atoms with Crippen molar-refractivity contribution < 1.29 is 0 Å². The van der Waals surface area contributed by atoms with Crippen LogP contribution in [0.5, 0.6) is 0 Å². The van der Waals surface area contributed by atoms with E-state index in [-0.39, 0.29) is 0 Å². The van der Waals surface area contributed by atoms with Gasteiger partial charge in [-0.2, -0.15) is 0 Å². The van der Waals surface area contributed by atoms with Gasteiger partial charge in [0, 0.05) is 6.04 Å². The van der Waals surface area contributed by atoms with Crippen molar-refractivity contribution in [3.8, 4) is 0 Å². The molecule has 0 heterocycles. The van der Waals surface area contributed by atoms with Gasteiger partial charge in [0.2, 0.25) is 0 Å². The molecule has 0 aromatic carbocycles. The van der Waals surface area contributed by atoms with Crippen LogP contribution in [0.1, 0.15) is 59.8 Å². The molecule has 0 aromatic rings. The summed E-state index contributed by atoms with van der Waals surface area (Å²) in [4.78, 5) is 0. The summed E-state index contributed by atoms with van der Waals surface area (Å²) in [6, 6.07) is 0.814. The minimum Gasteiger partial charge on any atom is -0.314 e. The molecule has 0 bridgehead atoms. The third-order valence-electron chi connectivity index (χ3n) is 4.71. The van der Waals surface area contributed by atoms with Gasteiger partial charge < -0.3 is 5.32 Å². The molecule has 0 saturated heterocycles. The normalized spacial score (nSPS) is 34.0. The summed E-state index contributed by atoms with van der Waals surface area (Å²) in [5.74, 6) is 0.951. The summed E-state index contributed by atoms with van der Waals surface area (Å²) in [5.41, 5.74) is 1.25. The van der Waals surface area contributed by atoms with Gasteiger partial charge in [-0.25, -0.2) is 0 Å². The molecular formula is C14H27N. The van der Waals surface area contributed by atoms with E-state index in [1.807, 2.05) is 0 Å². The van der Waals surface area contributed by atoms with E-state index in [0.29, 0.717) is 10.8 Å². The molecule has 0 aromatic heterocycles. The van der Waals surface area contributed by atoms with Crippen LogP contribution >= 0.6 is 0 Å². The molecule has 88 valence electrons. The Morgan fingerprint density at radius 1 is 1.07 bits per heavy atom. The highest BCUT2D eigenvalue weighted by Gasteiger charge is 2.45. The Balaban J connectivity index is 1.65. The highest BCUT2D eigenvalue weighted by Crippen LogP contribution is 2.51. The lowest BCUT2D eigenvalue weighted by Gasteiger charge is -2.34. The zero-order chi connectivity index (χ0) is 11.1. The Kier molecular flexibility index (Phi) is 2.87. The molecule has 2 saturated carbocycles. The predicted molar refractivity (Wildman–Crippen MR) is 65.9 cm³/mol. The summed E-state index contributed by atoms with van der Waals surface area (Å²) in [7, 11) is 0. The van der Waals surface area contributed by atoms with E-state index in [0.717, 1.165) is 12.0 Å². The second kappa shape index (κ2) is 3.76. The van der Waals surface area contributed by atoms with Crippen LogP contribution < -0.4 is 5.32 Å². The summed E-state index contributed by atoms with van der Waals surface area (Å²) in [6.45, 7) is 10.9. The molecule has 0 aliphatic heterocycles. The lowest BCUT2D eigenvalue weighted by molar-refractivity contribution is 0.205. The van der Waals surface area contributed by atoms with E-state index >= 15 is 0 Å². The van der Waals surface area contributed by atoms with Gasteiger partial charge in [0.15, 0.2) is 0 Å². The van der Waals surface area contributed by atoms with E-state index in [9.17, 15) is 0 Å². The number of rotatable bonds is 3. The monoisotopic (exact) mass is 209 g/mol. The minimum atomic E-state index is 0.608. The van der Waals surface area contributed by atoms with Crippen molar-refractivity contribution in [1.29, 1.82) is 0 Å². The van der Waals surface area contributed by atoms with Gasteiger partial charge in [-0.05, 0) is 55.4 Å². The smallest absolute Gasteiger partial charge is 0.00675 e. The van der Waals surface area contributed by atoms with E-state index in [4.69, 9.17) is 0 Å². The Morgan fingerprint density at radius 2 is 1.60 bits per heavy atom. The van der Waals surface area contributed by atoms with Gasteiger partial charge in [0.1, 0.15) is 0 Å². The quantitative estimate of drug-likeness (QED) is 0.749. The fourth-order valence-electron chi connectivity index (χ4n) is 2.84. The van der Waals surface area contributed by atoms with Crippen LogP contribution in [0.4, 0.5) is 0 Å². The number of hydrogen-bond acceptors (Lipinski definition) is 1. The first kappa shape index (κ1) is 11.4. The maximum absolute atomic E-state index is 3.78. The van der Waals surface area contributed by atoms with Gasteiger partial charge in [0.05, 0.1) is 0 Å². The van der Waals surface area contributed by atoms with E-state index < -0.39 is 0 Å². The summed E-state index contributed by atoms with van der Waals surface area (Å²) in [6.07, 6.45) is 7.01. The van der Waals surface area contributed by atoms with Crippen molar-refractivity contribution in [1.82, 2.24) is 5.32 Å². The van der Waals surface area contributed by atoms with Crippen LogP contribution in [0.2, 0.25) is 0 Å². The van der Waals surface area contributed by atoms with E-state index in [2.05, 4.69) is 33.0 Å². The van der Waals surface area contributed by atoms with E-state index in [1.165, 1.54) is 38.6 Å². The van der Waals surface area contributed by atoms with Crippen LogP contribution in [0.15, 0.2) is 0 Å². The molecule has 1 atom stereocenters. The lowest BCUT2D eigenvalue weighted by Crippen LogP contribution is -2.36. The fraction of sp³-hybridized carbons (Fsp3) is 1.00. The zero-order valence-corrected chi connectivity index (χ0v) is 10.9. The fourth-order valence-corrected chi connectivity index (χ4v) is 2.84. The molecular weight excluding hydrogens is 182 g/mol. The first-order valence-corrected chi connectivity index (χ1v) is 6.62. The molecule has 2 aliphatic rings. The molecule has 1 nitrogen and oxygen atoms in total. The third kappa shape index (κ3) is 2.96. The Morgan fingerprint density at radius 3 is 2.07 bits per heavy atom. The molecule has 1 unspecified atom stereocenters.